The van der Waals surface area contributed by atoms with E-state index in [1.54, 1.807) is 31.4 Å². The Morgan fingerprint density at radius 2 is 1.52 bits per heavy atom. The Morgan fingerprint density at radius 1 is 0.926 bits per heavy atom. The van der Waals surface area contributed by atoms with Gasteiger partial charge in [-0.05, 0) is 42.0 Å². The Balaban J connectivity index is 1.72. The van der Waals surface area contributed by atoms with E-state index in [2.05, 4.69) is 10.6 Å². The largest absolute Gasteiger partial charge is 0.497 e. The smallest absolute Gasteiger partial charge is 0.416 e. The standard InChI is InChI=1S/C19H19F3N2O3/c1-27-16-8-2-13(3-9-16)12-17(25)23-10-11-24-18(26)14-4-6-15(7-5-14)19(20,21)22/h2-9H,10-12H2,1H3,(H,23,25)(H,24,26). The molecule has 8 heteroatoms. The molecule has 2 rings (SSSR count). The van der Waals surface area contributed by atoms with Crippen LogP contribution in [0.2, 0.25) is 0 Å². The molecule has 0 aliphatic heterocycles. The maximum absolute atomic E-state index is 12.5. The van der Waals surface area contributed by atoms with Crippen molar-refractivity contribution in [3.63, 3.8) is 0 Å². The van der Waals surface area contributed by atoms with Crippen LogP contribution in [-0.4, -0.2) is 32.0 Å². The van der Waals surface area contributed by atoms with Crippen LogP contribution in [0.5, 0.6) is 5.75 Å². The lowest BCUT2D eigenvalue weighted by Gasteiger charge is -2.09. The summed E-state index contributed by atoms with van der Waals surface area (Å²) in [5, 5.41) is 5.20. The summed E-state index contributed by atoms with van der Waals surface area (Å²) < 4.78 is 42.5. The van der Waals surface area contributed by atoms with Crippen molar-refractivity contribution in [3.8, 4) is 5.75 Å². The van der Waals surface area contributed by atoms with E-state index in [1.807, 2.05) is 0 Å². The van der Waals surface area contributed by atoms with Crippen molar-refractivity contribution >= 4 is 11.8 Å². The van der Waals surface area contributed by atoms with Gasteiger partial charge in [-0.15, -0.1) is 0 Å². The van der Waals surface area contributed by atoms with Gasteiger partial charge in [0.2, 0.25) is 5.91 Å². The highest BCUT2D eigenvalue weighted by Crippen LogP contribution is 2.29. The summed E-state index contributed by atoms with van der Waals surface area (Å²) in [6, 6.07) is 11.0. The predicted molar refractivity (Wildman–Crippen MR) is 93.5 cm³/mol. The number of ether oxygens (including phenoxy) is 1. The van der Waals surface area contributed by atoms with Gasteiger partial charge in [0.1, 0.15) is 5.75 Å². The minimum atomic E-state index is -4.44. The minimum Gasteiger partial charge on any atom is -0.497 e. The van der Waals surface area contributed by atoms with Crippen molar-refractivity contribution in [3.05, 3.63) is 65.2 Å². The number of carbonyl (C=O) groups excluding carboxylic acids is 2. The Bertz CT molecular complexity index is 772. The molecule has 0 aromatic heterocycles. The normalized spacial score (nSPS) is 11.0. The van der Waals surface area contributed by atoms with E-state index in [9.17, 15) is 22.8 Å². The van der Waals surface area contributed by atoms with Gasteiger partial charge < -0.3 is 15.4 Å². The third kappa shape index (κ3) is 6.32. The molecule has 2 amide bonds. The van der Waals surface area contributed by atoms with E-state index < -0.39 is 17.6 Å². The molecule has 0 saturated carbocycles. The molecule has 0 aliphatic carbocycles. The molecule has 0 saturated heterocycles. The summed E-state index contributed by atoms with van der Waals surface area (Å²) in [5.74, 6) is -0.0118. The number of rotatable bonds is 7. The van der Waals surface area contributed by atoms with Gasteiger partial charge in [0.15, 0.2) is 0 Å². The third-order valence-corrected chi connectivity index (χ3v) is 3.73. The average molecular weight is 380 g/mol. The molecule has 0 atom stereocenters. The summed E-state index contributed by atoms with van der Waals surface area (Å²) in [6.45, 7) is 0.371. The highest BCUT2D eigenvalue weighted by Gasteiger charge is 2.30. The summed E-state index contributed by atoms with van der Waals surface area (Å²) in [7, 11) is 1.56. The molecule has 0 bridgehead atoms. The summed E-state index contributed by atoms with van der Waals surface area (Å²) in [6.07, 6.45) is -4.25. The predicted octanol–water partition coefficient (Wildman–Crippen LogP) is 2.80. The first-order valence-electron chi connectivity index (χ1n) is 8.14. The van der Waals surface area contributed by atoms with Crippen LogP contribution in [-0.2, 0) is 17.4 Å². The second kappa shape index (κ2) is 9.07. The zero-order valence-corrected chi connectivity index (χ0v) is 14.6. The zero-order valence-electron chi connectivity index (χ0n) is 14.6. The molecule has 144 valence electrons. The minimum absolute atomic E-state index is 0.118. The van der Waals surface area contributed by atoms with E-state index >= 15 is 0 Å². The van der Waals surface area contributed by atoms with Crippen molar-refractivity contribution in [1.29, 1.82) is 0 Å². The van der Waals surface area contributed by atoms with Crippen molar-refractivity contribution in [2.75, 3.05) is 20.2 Å². The van der Waals surface area contributed by atoms with Gasteiger partial charge >= 0.3 is 6.18 Å². The Morgan fingerprint density at radius 3 is 2.07 bits per heavy atom. The third-order valence-electron chi connectivity index (χ3n) is 3.73. The van der Waals surface area contributed by atoms with Crippen LogP contribution in [0.15, 0.2) is 48.5 Å². The van der Waals surface area contributed by atoms with Gasteiger partial charge in [-0.3, -0.25) is 9.59 Å². The van der Waals surface area contributed by atoms with Gasteiger partial charge in [0.25, 0.3) is 5.91 Å². The first-order valence-corrected chi connectivity index (χ1v) is 8.14. The van der Waals surface area contributed by atoms with E-state index in [4.69, 9.17) is 4.74 Å². The van der Waals surface area contributed by atoms with Crippen LogP contribution < -0.4 is 15.4 Å². The SMILES string of the molecule is COc1ccc(CC(=O)NCCNC(=O)c2ccc(C(F)(F)F)cc2)cc1. The Hall–Kier alpha value is -3.03. The first-order chi connectivity index (χ1) is 12.8. The molecule has 2 N–H and O–H groups in total. The van der Waals surface area contributed by atoms with Crippen LogP contribution in [0.3, 0.4) is 0 Å². The van der Waals surface area contributed by atoms with Gasteiger partial charge in [0, 0.05) is 18.7 Å². The first kappa shape index (κ1) is 20.3. The molecule has 0 heterocycles. The highest BCUT2D eigenvalue weighted by atomic mass is 19.4. The molecule has 0 unspecified atom stereocenters. The quantitative estimate of drug-likeness (QED) is 0.726. The van der Waals surface area contributed by atoms with Gasteiger partial charge in [-0.1, -0.05) is 12.1 Å². The topological polar surface area (TPSA) is 67.4 Å². The lowest BCUT2D eigenvalue weighted by Crippen LogP contribution is -2.35. The fourth-order valence-electron chi connectivity index (χ4n) is 2.28. The monoisotopic (exact) mass is 380 g/mol. The molecule has 2 aromatic rings. The van der Waals surface area contributed by atoms with Crippen LogP contribution in [0, 0.1) is 0 Å². The van der Waals surface area contributed by atoms with Gasteiger partial charge in [0.05, 0.1) is 19.1 Å². The van der Waals surface area contributed by atoms with E-state index in [-0.39, 0.29) is 31.0 Å². The van der Waals surface area contributed by atoms with E-state index in [1.165, 1.54) is 0 Å². The lowest BCUT2D eigenvalue weighted by molar-refractivity contribution is -0.137. The summed E-state index contributed by atoms with van der Waals surface area (Å²) in [4.78, 5) is 23.7. The zero-order chi connectivity index (χ0) is 19.9. The fraction of sp³-hybridized carbons (Fsp3) is 0.263. The molecule has 2 aromatic carbocycles. The average Bonchev–Trinajstić information content (AvgIpc) is 2.65. The molecule has 0 fully saturated rings. The van der Waals surface area contributed by atoms with Gasteiger partial charge in [-0.25, -0.2) is 0 Å². The molecule has 27 heavy (non-hydrogen) atoms. The number of nitrogens with one attached hydrogen (secondary N) is 2. The van der Waals surface area contributed by atoms with Crippen molar-refractivity contribution in [1.82, 2.24) is 10.6 Å². The van der Waals surface area contributed by atoms with E-state index in [0.29, 0.717) is 5.75 Å². The number of methoxy groups -OCH3 is 1. The maximum atomic E-state index is 12.5. The molecule has 0 aliphatic rings. The van der Waals surface area contributed by atoms with Crippen molar-refractivity contribution < 1.29 is 27.5 Å². The summed E-state index contributed by atoms with van der Waals surface area (Å²) >= 11 is 0. The Kier molecular flexibility index (Phi) is 6.81. The molecular weight excluding hydrogens is 361 g/mol. The highest BCUT2D eigenvalue weighted by molar-refractivity contribution is 5.94. The van der Waals surface area contributed by atoms with Crippen molar-refractivity contribution in [2.45, 2.75) is 12.6 Å². The number of amides is 2. The number of hydrogen-bond acceptors (Lipinski definition) is 3. The van der Waals surface area contributed by atoms with E-state index in [0.717, 1.165) is 29.8 Å². The van der Waals surface area contributed by atoms with Crippen LogP contribution in [0.1, 0.15) is 21.5 Å². The number of carbonyl (C=O) groups is 2. The summed E-state index contributed by atoms with van der Waals surface area (Å²) in [5.41, 5.74) is 0.125. The second-order valence-corrected chi connectivity index (χ2v) is 5.71. The van der Waals surface area contributed by atoms with Crippen LogP contribution in [0.25, 0.3) is 0 Å². The lowest BCUT2D eigenvalue weighted by atomic mass is 10.1. The molecule has 0 radical (unpaired) electrons. The Labute approximate surface area is 154 Å². The van der Waals surface area contributed by atoms with Crippen LogP contribution >= 0.6 is 0 Å². The molecule has 5 nitrogen and oxygen atoms in total. The molecular formula is C19H19F3N2O3. The number of hydrogen-bond donors (Lipinski definition) is 2. The second-order valence-electron chi connectivity index (χ2n) is 5.71. The van der Waals surface area contributed by atoms with Gasteiger partial charge in [-0.2, -0.15) is 13.2 Å². The van der Waals surface area contributed by atoms with Crippen LogP contribution in [0.4, 0.5) is 13.2 Å². The fourth-order valence-corrected chi connectivity index (χ4v) is 2.28. The number of alkyl halides is 3. The molecule has 0 spiro atoms. The maximum Gasteiger partial charge on any atom is 0.416 e. The number of benzene rings is 2. The van der Waals surface area contributed by atoms with Crippen molar-refractivity contribution in [2.24, 2.45) is 0 Å². The number of halogens is 3.